The van der Waals surface area contributed by atoms with Crippen LogP contribution in [0.3, 0.4) is 0 Å². The number of hydrogen-bond donors (Lipinski definition) is 0. The summed E-state index contributed by atoms with van der Waals surface area (Å²) in [4.78, 5) is 0. The average Bonchev–Trinajstić information content (AvgIpc) is 2.16. The minimum atomic E-state index is -1.55. The van der Waals surface area contributed by atoms with Crippen molar-refractivity contribution in [2.24, 2.45) is 5.92 Å². The first-order valence-electron chi connectivity index (χ1n) is 6.89. The SMILES string of the molecule is CCCCCCO[Si](C)(C)C(C)(C)C(C)C. The van der Waals surface area contributed by atoms with Crippen molar-refractivity contribution in [2.45, 2.75) is 78.4 Å². The normalized spacial score (nSPS) is 13.5. The van der Waals surface area contributed by atoms with E-state index in [0.717, 1.165) is 6.61 Å². The van der Waals surface area contributed by atoms with Crippen LogP contribution in [0, 0.1) is 5.92 Å². The molecule has 0 radical (unpaired) electrons. The van der Waals surface area contributed by atoms with Crippen LogP contribution in [0.2, 0.25) is 18.1 Å². The molecule has 0 aromatic rings. The summed E-state index contributed by atoms with van der Waals surface area (Å²) >= 11 is 0. The predicted molar refractivity (Wildman–Crippen MR) is 76.5 cm³/mol. The average molecular weight is 244 g/mol. The highest BCUT2D eigenvalue weighted by atomic mass is 28.4. The molecule has 16 heavy (non-hydrogen) atoms. The number of rotatable bonds is 8. The van der Waals surface area contributed by atoms with Gasteiger partial charge in [-0.1, -0.05) is 53.9 Å². The molecule has 0 saturated heterocycles. The van der Waals surface area contributed by atoms with Crippen LogP contribution in [0.4, 0.5) is 0 Å². The molecule has 0 fully saturated rings. The predicted octanol–water partition coefficient (Wildman–Crippen LogP) is 5.22. The molecule has 0 saturated carbocycles. The third kappa shape index (κ3) is 4.58. The van der Waals surface area contributed by atoms with Crippen LogP contribution in [-0.2, 0) is 4.43 Å². The van der Waals surface area contributed by atoms with Gasteiger partial charge in [0, 0.05) is 6.61 Å². The lowest BCUT2D eigenvalue weighted by molar-refractivity contribution is 0.259. The maximum atomic E-state index is 6.24. The van der Waals surface area contributed by atoms with Crippen molar-refractivity contribution in [2.75, 3.05) is 6.61 Å². The first-order chi connectivity index (χ1) is 7.25. The highest BCUT2D eigenvalue weighted by molar-refractivity contribution is 6.74. The molecule has 0 aromatic heterocycles. The summed E-state index contributed by atoms with van der Waals surface area (Å²) in [6, 6.07) is 0. The van der Waals surface area contributed by atoms with Crippen molar-refractivity contribution in [3.05, 3.63) is 0 Å². The molecule has 0 aliphatic carbocycles. The van der Waals surface area contributed by atoms with Gasteiger partial charge in [-0.25, -0.2) is 0 Å². The Hall–Kier alpha value is 0.177. The Morgan fingerprint density at radius 3 is 2.06 bits per heavy atom. The highest BCUT2D eigenvalue weighted by Crippen LogP contribution is 2.44. The van der Waals surface area contributed by atoms with Crippen LogP contribution in [-0.4, -0.2) is 14.9 Å². The Balaban J connectivity index is 4.04. The van der Waals surface area contributed by atoms with E-state index in [-0.39, 0.29) is 0 Å². The summed E-state index contributed by atoms with van der Waals surface area (Å²) in [5.41, 5.74) is 0. The highest BCUT2D eigenvalue weighted by Gasteiger charge is 2.42. The first kappa shape index (κ1) is 16.2. The van der Waals surface area contributed by atoms with E-state index in [9.17, 15) is 0 Å². The third-order valence-corrected chi connectivity index (χ3v) is 9.06. The molecule has 1 nitrogen and oxygen atoms in total. The summed E-state index contributed by atoms with van der Waals surface area (Å²) in [6.07, 6.45) is 5.21. The van der Waals surface area contributed by atoms with E-state index in [4.69, 9.17) is 4.43 Å². The largest absolute Gasteiger partial charge is 0.417 e. The molecule has 0 atom stereocenters. The Morgan fingerprint density at radius 1 is 1.06 bits per heavy atom. The van der Waals surface area contributed by atoms with Crippen molar-refractivity contribution in [1.82, 2.24) is 0 Å². The van der Waals surface area contributed by atoms with E-state index in [1.54, 1.807) is 0 Å². The fourth-order valence-electron chi connectivity index (χ4n) is 1.74. The molecule has 0 heterocycles. The summed E-state index contributed by atoms with van der Waals surface area (Å²) < 4.78 is 6.24. The Labute approximate surface area is 104 Å². The van der Waals surface area contributed by atoms with Gasteiger partial charge in [0.1, 0.15) is 0 Å². The monoisotopic (exact) mass is 244 g/mol. The molecule has 98 valence electrons. The fraction of sp³-hybridized carbons (Fsp3) is 1.00. The Bertz CT molecular complexity index is 185. The zero-order valence-corrected chi connectivity index (χ0v) is 13.5. The van der Waals surface area contributed by atoms with Gasteiger partial charge in [-0.15, -0.1) is 0 Å². The van der Waals surface area contributed by atoms with Crippen LogP contribution in [0.25, 0.3) is 0 Å². The van der Waals surface area contributed by atoms with Crippen LogP contribution in [0.15, 0.2) is 0 Å². The van der Waals surface area contributed by atoms with Gasteiger partial charge in [-0.05, 0) is 30.5 Å². The van der Waals surface area contributed by atoms with Gasteiger partial charge >= 0.3 is 0 Å². The van der Waals surface area contributed by atoms with Gasteiger partial charge < -0.3 is 4.43 Å². The third-order valence-electron chi connectivity index (χ3n) is 4.46. The van der Waals surface area contributed by atoms with E-state index in [0.29, 0.717) is 11.0 Å². The van der Waals surface area contributed by atoms with Crippen LogP contribution in [0.1, 0.15) is 60.3 Å². The molecule has 0 aliphatic rings. The molecule has 0 aromatic carbocycles. The minimum Gasteiger partial charge on any atom is -0.417 e. The van der Waals surface area contributed by atoms with E-state index in [1.165, 1.54) is 25.7 Å². The van der Waals surface area contributed by atoms with Crippen molar-refractivity contribution < 1.29 is 4.43 Å². The zero-order chi connectivity index (χ0) is 12.8. The second-order valence-electron chi connectivity index (χ2n) is 6.30. The quantitative estimate of drug-likeness (QED) is 0.420. The van der Waals surface area contributed by atoms with Gasteiger partial charge in [-0.3, -0.25) is 0 Å². The summed E-state index contributed by atoms with van der Waals surface area (Å²) in [5.74, 6) is 0.699. The topological polar surface area (TPSA) is 9.23 Å². The molecule has 0 unspecified atom stereocenters. The number of unbranched alkanes of at least 4 members (excludes halogenated alkanes) is 3. The number of hydrogen-bond acceptors (Lipinski definition) is 1. The zero-order valence-electron chi connectivity index (χ0n) is 12.5. The Kier molecular flexibility index (Phi) is 6.88. The lowest BCUT2D eigenvalue weighted by atomic mass is 9.99. The summed E-state index contributed by atoms with van der Waals surface area (Å²) in [5, 5.41) is 0.359. The second-order valence-corrected chi connectivity index (χ2v) is 10.9. The van der Waals surface area contributed by atoms with Crippen molar-refractivity contribution in [3.63, 3.8) is 0 Å². The lowest BCUT2D eigenvalue weighted by Crippen LogP contribution is -2.45. The Morgan fingerprint density at radius 2 is 1.62 bits per heavy atom. The molecular weight excluding hydrogens is 212 g/mol. The molecule has 0 amide bonds. The maximum Gasteiger partial charge on any atom is 0.192 e. The molecule has 0 rings (SSSR count). The standard InChI is InChI=1S/C14H32OSi/c1-8-9-10-11-12-15-16(6,7)14(4,5)13(2)3/h13H,8-12H2,1-7H3. The van der Waals surface area contributed by atoms with E-state index in [2.05, 4.69) is 47.7 Å². The summed E-state index contributed by atoms with van der Waals surface area (Å²) in [7, 11) is -1.55. The molecule has 0 spiro atoms. The van der Waals surface area contributed by atoms with Gasteiger partial charge in [0.2, 0.25) is 0 Å². The van der Waals surface area contributed by atoms with Crippen LogP contribution >= 0.6 is 0 Å². The molecule has 0 bridgehead atoms. The van der Waals surface area contributed by atoms with Crippen LogP contribution < -0.4 is 0 Å². The molecular formula is C14H32OSi. The summed E-state index contributed by atoms with van der Waals surface area (Å²) in [6.45, 7) is 17.3. The van der Waals surface area contributed by atoms with E-state index < -0.39 is 8.32 Å². The minimum absolute atomic E-state index is 0.359. The van der Waals surface area contributed by atoms with E-state index in [1.807, 2.05) is 0 Å². The maximum absolute atomic E-state index is 6.24. The van der Waals surface area contributed by atoms with Crippen LogP contribution in [0.5, 0.6) is 0 Å². The molecule has 0 aliphatic heterocycles. The van der Waals surface area contributed by atoms with Gasteiger partial charge in [0.25, 0.3) is 0 Å². The smallest absolute Gasteiger partial charge is 0.192 e. The van der Waals surface area contributed by atoms with E-state index >= 15 is 0 Å². The molecule has 0 N–H and O–H groups in total. The molecule has 2 heteroatoms. The van der Waals surface area contributed by atoms with Crippen molar-refractivity contribution in [1.29, 1.82) is 0 Å². The second kappa shape index (κ2) is 6.80. The van der Waals surface area contributed by atoms with Crippen molar-refractivity contribution in [3.8, 4) is 0 Å². The van der Waals surface area contributed by atoms with Crippen molar-refractivity contribution >= 4 is 8.32 Å². The van der Waals surface area contributed by atoms with Gasteiger partial charge in [0.05, 0.1) is 0 Å². The lowest BCUT2D eigenvalue weighted by Gasteiger charge is -2.42. The fourth-order valence-corrected chi connectivity index (χ4v) is 4.15. The first-order valence-corrected chi connectivity index (χ1v) is 9.80. The van der Waals surface area contributed by atoms with Gasteiger partial charge in [0.15, 0.2) is 8.32 Å². The van der Waals surface area contributed by atoms with Gasteiger partial charge in [-0.2, -0.15) is 0 Å².